The molecule has 0 radical (unpaired) electrons. The minimum absolute atomic E-state index is 0.126. The molecular weight excluding hydrogens is 306 g/mol. The average molecular weight is 325 g/mol. The van der Waals surface area contributed by atoms with Crippen LogP contribution in [0.2, 0.25) is 0 Å². The number of carbonyl (C=O) groups is 2. The van der Waals surface area contributed by atoms with Crippen LogP contribution in [0.1, 0.15) is 46.2 Å². The first-order chi connectivity index (χ1) is 11.0. The second-order valence-corrected chi connectivity index (χ2v) is 5.21. The molecule has 23 heavy (non-hydrogen) atoms. The van der Waals surface area contributed by atoms with Gasteiger partial charge in [-0.05, 0) is 19.3 Å². The third-order valence-electron chi connectivity index (χ3n) is 3.98. The Balaban J connectivity index is 2.77. The van der Waals surface area contributed by atoms with Crippen LogP contribution in [0.4, 0.5) is 0 Å². The summed E-state index contributed by atoms with van der Waals surface area (Å²) in [5.41, 5.74) is -1.15. The molecule has 1 saturated carbocycles. The van der Waals surface area contributed by atoms with E-state index in [1.807, 2.05) is 0 Å². The van der Waals surface area contributed by atoms with Gasteiger partial charge in [0.2, 0.25) is 5.43 Å². The van der Waals surface area contributed by atoms with Crippen LogP contribution in [0.15, 0.2) is 11.0 Å². The van der Waals surface area contributed by atoms with E-state index in [-0.39, 0.29) is 17.0 Å². The molecule has 0 amide bonds. The number of nitrogens with zero attached hydrogens (tertiary/aromatic N) is 1. The van der Waals surface area contributed by atoms with Crippen LogP contribution >= 0.6 is 0 Å². The van der Waals surface area contributed by atoms with Crippen LogP contribution < -0.4 is 10.2 Å². The van der Waals surface area contributed by atoms with Gasteiger partial charge in [-0.3, -0.25) is 4.79 Å². The Morgan fingerprint density at radius 3 is 2.30 bits per heavy atom. The fourth-order valence-corrected chi connectivity index (χ4v) is 2.86. The van der Waals surface area contributed by atoms with Crippen molar-refractivity contribution < 1.29 is 28.9 Å². The molecule has 1 fully saturated rings. The second kappa shape index (κ2) is 6.82. The highest BCUT2D eigenvalue weighted by Gasteiger charge is 2.34. The van der Waals surface area contributed by atoms with Crippen molar-refractivity contribution in [2.45, 2.75) is 31.4 Å². The third-order valence-corrected chi connectivity index (χ3v) is 3.98. The summed E-state index contributed by atoms with van der Waals surface area (Å²) in [6.45, 7) is 0. The minimum atomic E-state index is -0.842. The molecule has 1 heterocycles. The quantitative estimate of drug-likeness (QED) is 0.805. The van der Waals surface area contributed by atoms with Gasteiger partial charge in [0.15, 0.2) is 11.4 Å². The molecule has 0 aliphatic heterocycles. The van der Waals surface area contributed by atoms with Crippen molar-refractivity contribution in [1.29, 1.82) is 0 Å². The van der Waals surface area contributed by atoms with Crippen LogP contribution in [0.25, 0.3) is 0 Å². The summed E-state index contributed by atoms with van der Waals surface area (Å²) in [4.78, 5) is 36.3. The number of aliphatic hydroxyl groups excluding tert-OH is 1. The Labute approximate surface area is 132 Å². The van der Waals surface area contributed by atoms with E-state index in [2.05, 4.69) is 4.74 Å². The zero-order valence-electron chi connectivity index (χ0n) is 13.2. The van der Waals surface area contributed by atoms with Crippen molar-refractivity contribution in [3.05, 3.63) is 27.7 Å². The van der Waals surface area contributed by atoms with Crippen molar-refractivity contribution in [3.8, 4) is 5.75 Å². The average Bonchev–Trinajstić information content (AvgIpc) is 2.98. The Bertz CT molecular complexity index is 679. The Morgan fingerprint density at radius 2 is 1.83 bits per heavy atom. The molecule has 1 aliphatic carbocycles. The summed E-state index contributed by atoms with van der Waals surface area (Å²) >= 11 is 0. The number of pyridine rings is 1. The molecule has 0 unspecified atom stereocenters. The number of aromatic nitrogens is 1. The molecule has 8 nitrogen and oxygen atoms in total. The molecule has 1 N–H and O–H groups in total. The number of aliphatic hydroxyl groups is 1. The van der Waals surface area contributed by atoms with E-state index in [1.54, 1.807) is 0 Å². The van der Waals surface area contributed by atoms with Crippen molar-refractivity contribution in [2.75, 3.05) is 21.3 Å². The minimum Gasteiger partial charge on any atom is -0.491 e. The van der Waals surface area contributed by atoms with Crippen LogP contribution in [-0.4, -0.2) is 49.0 Å². The van der Waals surface area contributed by atoms with E-state index < -0.39 is 29.5 Å². The molecule has 0 aromatic carbocycles. The van der Waals surface area contributed by atoms with Gasteiger partial charge in [-0.2, -0.15) is 0 Å². The summed E-state index contributed by atoms with van der Waals surface area (Å²) < 4.78 is 15.8. The van der Waals surface area contributed by atoms with Crippen LogP contribution in [0.3, 0.4) is 0 Å². The first-order valence-electron chi connectivity index (χ1n) is 7.14. The molecular formula is C15H19NO7. The van der Waals surface area contributed by atoms with Crippen molar-refractivity contribution in [2.24, 2.45) is 0 Å². The van der Waals surface area contributed by atoms with Gasteiger partial charge in [-0.1, -0.05) is 0 Å². The predicted octanol–water partition coefficient (Wildman–Crippen LogP) is 0.516. The zero-order chi connectivity index (χ0) is 17.1. The van der Waals surface area contributed by atoms with Gasteiger partial charge in [0, 0.05) is 6.20 Å². The molecule has 2 rings (SSSR count). The second-order valence-electron chi connectivity index (χ2n) is 5.21. The first kappa shape index (κ1) is 17.0. The number of hydrogen-bond donors (Lipinski definition) is 1. The molecule has 0 spiro atoms. The fraction of sp³-hybridized carbons (Fsp3) is 0.533. The molecule has 0 bridgehead atoms. The van der Waals surface area contributed by atoms with E-state index in [9.17, 15) is 19.5 Å². The number of methoxy groups -OCH3 is 3. The first-order valence-corrected chi connectivity index (χ1v) is 7.14. The summed E-state index contributed by atoms with van der Waals surface area (Å²) in [6.07, 6.45) is 2.44. The third kappa shape index (κ3) is 2.94. The zero-order valence-corrected chi connectivity index (χ0v) is 13.2. The number of esters is 2. The lowest BCUT2D eigenvalue weighted by molar-refractivity contribution is 0.0556. The topological polar surface area (TPSA) is 104 Å². The molecule has 0 saturated heterocycles. The van der Waals surface area contributed by atoms with Crippen molar-refractivity contribution >= 4 is 11.9 Å². The Morgan fingerprint density at radius 1 is 1.17 bits per heavy atom. The maximum absolute atomic E-state index is 12.4. The maximum atomic E-state index is 12.4. The number of ether oxygens (including phenoxy) is 3. The summed E-state index contributed by atoms with van der Waals surface area (Å²) in [7, 11) is 3.55. The van der Waals surface area contributed by atoms with E-state index in [0.717, 1.165) is 13.5 Å². The Kier molecular flexibility index (Phi) is 5.05. The van der Waals surface area contributed by atoms with Gasteiger partial charge in [-0.25, -0.2) is 9.59 Å². The van der Waals surface area contributed by atoms with Crippen LogP contribution in [0.5, 0.6) is 5.75 Å². The maximum Gasteiger partial charge on any atom is 0.358 e. The highest BCUT2D eigenvalue weighted by molar-refractivity contribution is 5.94. The number of carbonyl (C=O) groups excluding carboxylic acids is 2. The monoisotopic (exact) mass is 325 g/mol. The largest absolute Gasteiger partial charge is 0.491 e. The van der Waals surface area contributed by atoms with Crippen LogP contribution in [0, 0.1) is 0 Å². The Hall–Kier alpha value is -2.35. The lowest BCUT2D eigenvalue weighted by Gasteiger charge is -2.23. The molecule has 1 aromatic rings. The van der Waals surface area contributed by atoms with E-state index >= 15 is 0 Å². The highest BCUT2D eigenvalue weighted by atomic mass is 16.5. The van der Waals surface area contributed by atoms with E-state index in [4.69, 9.17) is 9.47 Å². The van der Waals surface area contributed by atoms with Gasteiger partial charge >= 0.3 is 11.9 Å². The lowest BCUT2D eigenvalue weighted by atomic mass is 10.1. The molecule has 8 heteroatoms. The SMILES string of the molecule is COC(=O)c1cn([C@H]2CCC[C@@H]2O)c(C(=O)OC)c(OC)c1=O. The molecule has 126 valence electrons. The van der Waals surface area contributed by atoms with Crippen molar-refractivity contribution in [3.63, 3.8) is 0 Å². The van der Waals surface area contributed by atoms with Gasteiger partial charge in [0.1, 0.15) is 5.56 Å². The molecule has 2 atom stereocenters. The van der Waals surface area contributed by atoms with Gasteiger partial charge in [-0.15, -0.1) is 0 Å². The normalized spacial score (nSPS) is 20.2. The number of hydrogen-bond acceptors (Lipinski definition) is 7. The van der Waals surface area contributed by atoms with Crippen molar-refractivity contribution in [1.82, 2.24) is 4.57 Å². The van der Waals surface area contributed by atoms with Gasteiger partial charge in [0.05, 0.1) is 33.5 Å². The summed E-state index contributed by atoms with van der Waals surface area (Å²) in [6, 6.07) is -0.456. The molecule has 1 aromatic heterocycles. The van der Waals surface area contributed by atoms with Gasteiger partial charge < -0.3 is 23.9 Å². The number of rotatable bonds is 4. The summed E-state index contributed by atoms with van der Waals surface area (Å²) in [5.74, 6) is -1.93. The fourth-order valence-electron chi connectivity index (χ4n) is 2.86. The van der Waals surface area contributed by atoms with Crippen LogP contribution in [-0.2, 0) is 9.47 Å². The smallest absolute Gasteiger partial charge is 0.358 e. The summed E-state index contributed by atoms with van der Waals surface area (Å²) in [5, 5.41) is 10.1. The van der Waals surface area contributed by atoms with E-state index in [1.165, 1.54) is 25.0 Å². The molecule has 1 aliphatic rings. The lowest BCUT2D eigenvalue weighted by Crippen LogP contribution is -2.30. The predicted molar refractivity (Wildman–Crippen MR) is 78.8 cm³/mol. The standard InChI is InChI=1S/C15H19NO7/c1-21-13-11(15(20)23-3)16(9-5-4-6-10(9)17)7-8(12(13)18)14(19)22-2/h7,9-10,17H,4-6H2,1-3H3/t9-,10-/m0/s1. The highest BCUT2D eigenvalue weighted by Crippen LogP contribution is 2.33. The van der Waals surface area contributed by atoms with E-state index in [0.29, 0.717) is 12.8 Å². The van der Waals surface area contributed by atoms with Gasteiger partial charge in [0.25, 0.3) is 0 Å².